The van der Waals surface area contributed by atoms with Gasteiger partial charge in [-0.25, -0.2) is 0 Å². The van der Waals surface area contributed by atoms with Crippen LogP contribution in [0.3, 0.4) is 0 Å². The van der Waals surface area contributed by atoms with Crippen molar-refractivity contribution in [3.8, 4) is 0 Å². The molecule has 0 spiro atoms. The number of allylic oxidation sites excluding steroid dienone is 2. The van der Waals surface area contributed by atoms with Gasteiger partial charge < -0.3 is 0 Å². The molecule has 0 unspecified atom stereocenters. The second-order valence-electron chi connectivity index (χ2n) is 7.35. The van der Waals surface area contributed by atoms with Crippen molar-refractivity contribution in [3.63, 3.8) is 0 Å². The lowest BCUT2D eigenvalue weighted by atomic mass is 10.1. The maximum atomic E-state index is 2.43. The van der Waals surface area contributed by atoms with Gasteiger partial charge in [-0.3, -0.25) is 0 Å². The fourth-order valence-corrected chi connectivity index (χ4v) is 3.20. The van der Waals surface area contributed by atoms with Crippen LogP contribution < -0.4 is 0 Å². The molecule has 0 aromatic heterocycles. The largest absolute Gasteiger partial charge is 0.0885 e. The molecular weight excluding hydrogens is 276 g/mol. The highest BCUT2D eigenvalue weighted by Gasteiger charge is 1.92. The molecule has 0 saturated carbocycles. The van der Waals surface area contributed by atoms with Crippen LogP contribution in [0.15, 0.2) is 12.2 Å². The van der Waals surface area contributed by atoms with Crippen molar-refractivity contribution in [2.75, 3.05) is 0 Å². The van der Waals surface area contributed by atoms with Gasteiger partial charge in [0, 0.05) is 0 Å². The summed E-state index contributed by atoms with van der Waals surface area (Å²) >= 11 is 0. The van der Waals surface area contributed by atoms with Crippen molar-refractivity contribution in [1.82, 2.24) is 0 Å². The van der Waals surface area contributed by atoms with Gasteiger partial charge in [0.25, 0.3) is 0 Å². The summed E-state index contributed by atoms with van der Waals surface area (Å²) in [5.41, 5.74) is 0. The number of hydrogen-bond donors (Lipinski definition) is 0. The van der Waals surface area contributed by atoms with Gasteiger partial charge in [-0.2, -0.15) is 0 Å². The van der Waals surface area contributed by atoms with E-state index in [1.165, 1.54) is 122 Å². The summed E-state index contributed by atoms with van der Waals surface area (Å²) < 4.78 is 0. The molecule has 0 aliphatic heterocycles. The maximum absolute atomic E-state index is 2.43. The average Bonchev–Trinajstić information content (AvgIpc) is 2.57. The molecule has 0 atom stereocenters. The summed E-state index contributed by atoms with van der Waals surface area (Å²) in [5, 5.41) is 0. The molecule has 23 heavy (non-hydrogen) atoms. The van der Waals surface area contributed by atoms with E-state index in [0.29, 0.717) is 0 Å². The highest BCUT2D eigenvalue weighted by atomic mass is 14.0. The van der Waals surface area contributed by atoms with E-state index in [1.54, 1.807) is 0 Å². The third kappa shape index (κ3) is 21.7. The Morgan fingerprint density at radius 1 is 0.348 bits per heavy atom. The van der Waals surface area contributed by atoms with E-state index in [4.69, 9.17) is 0 Å². The average molecular weight is 323 g/mol. The van der Waals surface area contributed by atoms with Gasteiger partial charge in [-0.1, -0.05) is 122 Å². The van der Waals surface area contributed by atoms with Crippen LogP contribution in [0.25, 0.3) is 0 Å². The van der Waals surface area contributed by atoms with Gasteiger partial charge in [0.05, 0.1) is 0 Å². The van der Waals surface area contributed by atoms with Crippen LogP contribution in [0.2, 0.25) is 0 Å². The van der Waals surface area contributed by atoms with Crippen LogP contribution in [-0.4, -0.2) is 0 Å². The third-order valence-corrected chi connectivity index (χ3v) is 4.87. The zero-order valence-electron chi connectivity index (χ0n) is 16.6. The van der Waals surface area contributed by atoms with Crippen molar-refractivity contribution in [2.45, 2.75) is 136 Å². The van der Waals surface area contributed by atoms with Crippen LogP contribution in [0.5, 0.6) is 0 Å². The highest BCUT2D eigenvalue weighted by molar-refractivity contribution is 4.81. The molecule has 0 fully saturated rings. The predicted molar refractivity (Wildman–Crippen MR) is 108 cm³/mol. The Balaban J connectivity index is 3.02. The minimum absolute atomic E-state index is 1.31. The molecule has 0 aromatic rings. The molecule has 0 aliphatic rings. The van der Waals surface area contributed by atoms with E-state index in [2.05, 4.69) is 26.0 Å². The molecule has 0 heteroatoms. The van der Waals surface area contributed by atoms with E-state index >= 15 is 0 Å². The summed E-state index contributed by atoms with van der Waals surface area (Å²) in [7, 11) is 0. The molecule has 0 rings (SSSR count). The highest BCUT2D eigenvalue weighted by Crippen LogP contribution is 2.12. The van der Waals surface area contributed by atoms with Crippen LogP contribution in [-0.2, 0) is 0 Å². The van der Waals surface area contributed by atoms with Crippen LogP contribution in [0.1, 0.15) is 136 Å². The number of rotatable bonds is 19. The monoisotopic (exact) mass is 322 g/mol. The minimum Gasteiger partial charge on any atom is -0.0885 e. The molecule has 0 aromatic carbocycles. The lowest BCUT2D eigenvalue weighted by Crippen LogP contribution is -1.82. The van der Waals surface area contributed by atoms with Crippen LogP contribution in [0, 0.1) is 0 Å². The first-order chi connectivity index (χ1) is 11.4. The molecule has 0 saturated heterocycles. The molecule has 0 bridgehead atoms. The topological polar surface area (TPSA) is 0 Å². The Bertz CT molecular complexity index is 216. The quantitative estimate of drug-likeness (QED) is 0.164. The molecule has 0 radical (unpaired) electrons. The standard InChI is InChI=1S/C23H46/c1-3-5-7-9-11-13-15-17-19-21-23-22-20-18-16-14-12-10-8-6-4-2/h17,19H,3-16,18,20-23H2,1-2H3/b19-17-. The molecule has 138 valence electrons. The molecule has 0 N–H and O–H groups in total. The lowest BCUT2D eigenvalue weighted by Gasteiger charge is -2.01. The van der Waals surface area contributed by atoms with Crippen LogP contribution >= 0.6 is 0 Å². The Morgan fingerprint density at radius 2 is 0.609 bits per heavy atom. The van der Waals surface area contributed by atoms with Gasteiger partial charge in [-0.15, -0.1) is 0 Å². The van der Waals surface area contributed by atoms with Crippen molar-refractivity contribution in [1.29, 1.82) is 0 Å². The van der Waals surface area contributed by atoms with Crippen molar-refractivity contribution >= 4 is 0 Å². The first-order valence-electron chi connectivity index (χ1n) is 11.1. The van der Waals surface area contributed by atoms with Crippen molar-refractivity contribution in [3.05, 3.63) is 12.2 Å². The second-order valence-corrected chi connectivity index (χ2v) is 7.35. The molecule has 0 amide bonds. The Kier molecular flexibility index (Phi) is 21.5. The summed E-state index contributed by atoms with van der Waals surface area (Å²) in [6.45, 7) is 4.58. The summed E-state index contributed by atoms with van der Waals surface area (Å²) in [5.74, 6) is 0. The fraction of sp³-hybridized carbons (Fsp3) is 0.913. The van der Waals surface area contributed by atoms with Crippen LogP contribution in [0.4, 0.5) is 0 Å². The van der Waals surface area contributed by atoms with E-state index in [9.17, 15) is 0 Å². The van der Waals surface area contributed by atoms with Gasteiger partial charge >= 0.3 is 0 Å². The third-order valence-electron chi connectivity index (χ3n) is 4.87. The van der Waals surface area contributed by atoms with Gasteiger partial charge in [0.1, 0.15) is 0 Å². The Hall–Kier alpha value is -0.260. The summed E-state index contributed by atoms with van der Waals surface area (Å²) in [6, 6.07) is 0. The Labute approximate surface area is 148 Å². The second kappa shape index (κ2) is 21.7. The smallest absolute Gasteiger partial charge is 0.0351 e. The zero-order valence-corrected chi connectivity index (χ0v) is 16.6. The maximum Gasteiger partial charge on any atom is -0.0351 e. The first kappa shape index (κ1) is 22.7. The van der Waals surface area contributed by atoms with E-state index in [-0.39, 0.29) is 0 Å². The van der Waals surface area contributed by atoms with E-state index < -0.39 is 0 Å². The van der Waals surface area contributed by atoms with Gasteiger partial charge in [0.15, 0.2) is 0 Å². The molecular formula is C23H46. The lowest BCUT2D eigenvalue weighted by molar-refractivity contribution is 0.550. The molecule has 0 heterocycles. The van der Waals surface area contributed by atoms with E-state index in [1.807, 2.05) is 0 Å². The molecule has 0 nitrogen and oxygen atoms in total. The summed E-state index contributed by atoms with van der Waals surface area (Å²) in [6.07, 6.45) is 31.9. The molecule has 0 aliphatic carbocycles. The minimum atomic E-state index is 1.31. The first-order valence-corrected chi connectivity index (χ1v) is 11.1. The van der Waals surface area contributed by atoms with Gasteiger partial charge in [-0.05, 0) is 25.7 Å². The summed E-state index contributed by atoms with van der Waals surface area (Å²) in [4.78, 5) is 0. The van der Waals surface area contributed by atoms with E-state index in [0.717, 1.165) is 0 Å². The zero-order chi connectivity index (χ0) is 16.8. The number of unbranched alkanes of at least 4 members (excludes halogenated alkanes) is 17. The number of hydrogen-bond acceptors (Lipinski definition) is 0. The predicted octanol–water partition coefficient (Wildman–Crippen LogP) is 8.99. The Morgan fingerprint density at radius 3 is 0.913 bits per heavy atom. The fourth-order valence-electron chi connectivity index (χ4n) is 3.20. The van der Waals surface area contributed by atoms with Crippen molar-refractivity contribution in [2.24, 2.45) is 0 Å². The van der Waals surface area contributed by atoms with Crippen molar-refractivity contribution < 1.29 is 0 Å². The SMILES string of the molecule is CCCCCCCC/C=C\CCCCCCCCCCCCC. The normalized spacial score (nSPS) is 11.6. The van der Waals surface area contributed by atoms with Gasteiger partial charge in [0.2, 0.25) is 0 Å².